The predicted molar refractivity (Wildman–Crippen MR) is 263 cm³/mol. The van der Waals surface area contributed by atoms with Crippen LogP contribution in [0, 0.1) is 13.8 Å². The van der Waals surface area contributed by atoms with Crippen LogP contribution in [0.2, 0.25) is 0 Å². The summed E-state index contributed by atoms with van der Waals surface area (Å²) < 4.78 is 70.8. The van der Waals surface area contributed by atoms with E-state index in [1.807, 2.05) is 113 Å². The molecule has 0 spiro atoms. The molecule has 16 nitrogen and oxygen atoms in total. The maximum atomic E-state index is 12.8. The summed E-state index contributed by atoms with van der Waals surface area (Å²) >= 11 is 0. The number of pyridine rings is 2. The normalized spacial score (nSPS) is 11.5. The minimum absolute atomic E-state index is 0.178. The van der Waals surface area contributed by atoms with Gasteiger partial charge in [-0.3, -0.25) is 9.59 Å². The first-order chi connectivity index (χ1) is 33.4. The number of aryl methyl sites for hydroxylation is 4. The van der Waals surface area contributed by atoms with Crippen LogP contribution in [-0.4, -0.2) is 59.0 Å². The molecule has 2 amide bonds. The smallest absolute Gasteiger partial charge is 0.286 e. The van der Waals surface area contributed by atoms with Gasteiger partial charge in [0.05, 0.1) is 48.7 Å². The summed E-state index contributed by atoms with van der Waals surface area (Å²) in [5.41, 5.74) is 15.7. The molecule has 9 aromatic rings. The Morgan fingerprint density at radius 1 is 0.514 bits per heavy atom. The van der Waals surface area contributed by atoms with Crippen LogP contribution >= 0.6 is 0 Å². The van der Waals surface area contributed by atoms with Crippen molar-refractivity contribution in [3.05, 3.63) is 216 Å². The van der Waals surface area contributed by atoms with Crippen LogP contribution in [0.3, 0.4) is 0 Å². The van der Waals surface area contributed by atoms with Crippen molar-refractivity contribution in [1.29, 1.82) is 0 Å². The minimum atomic E-state index is -4.27. The lowest BCUT2D eigenvalue weighted by atomic mass is 10.1. The third-order valence-electron chi connectivity index (χ3n) is 10.8. The number of aromatic nitrogens is 4. The van der Waals surface area contributed by atoms with Crippen molar-refractivity contribution in [1.82, 2.24) is 19.7 Å². The van der Waals surface area contributed by atoms with Crippen LogP contribution < -0.4 is 20.0 Å². The Kier molecular flexibility index (Phi) is 15.3. The fourth-order valence-corrected chi connectivity index (χ4v) is 7.99. The first-order valence-electron chi connectivity index (χ1n) is 21.4. The van der Waals surface area contributed by atoms with Gasteiger partial charge in [0, 0.05) is 34.4 Å². The van der Waals surface area contributed by atoms with Crippen LogP contribution in [0.4, 0.5) is 0 Å². The Balaban J connectivity index is 0.000000269. The summed E-state index contributed by atoms with van der Waals surface area (Å²) in [4.78, 5) is 25.2. The lowest BCUT2D eigenvalue weighted by Gasteiger charge is -2.05. The number of hydrazone groups is 2. The van der Waals surface area contributed by atoms with Gasteiger partial charge in [-0.1, -0.05) is 77.9 Å². The molecule has 4 aromatic heterocycles. The molecule has 4 heterocycles. The highest BCUT2D eigenvalue weighted by Crippen LogP contribution is 2.19. The molecule has 5 aromatic carbocycles. The fourth-order valence-electron chi connectivity index (χ4n) is 7.05. The van der Waals surface area contributed by atoms with E-state index in [-0.39, 0.29) is 9.79 Å². The molecule has 0 saturated carbocycles. The van der Waals surface area contributed by atoms with Gasteiger partial charge >= 0.3 is 0 Å². The largest absolute Gasteiger partial charge is 0.744 e. The second-order valence-corrected chi connectivity index (χ2v) is 18.6. The van der Waals surface area contributed by atoms with Gasteiger partial charge in [-0.05, 0) is 104 Å². The fraction of sp³-hybridized carbons (Fsp3) is 0.0769. The van der Waals surface area contributed by atoms with E-state index in [4.69, 9.17) is 0 Å². The summed E-state index contributed by atoms with van der Waals surface area (Å²) in [6.07, 6.45) is 11.4. The average molecular weight is 975 g/mol. The highest BCUT2D eigenvalue weighted by Gasteiger charge is 2.17. The maximum Gasteiger partial charge on any atom is 0.286 e. The molecule has 70 heavy (non-hydrogen) atoms. The zero-order valence-electron chi connectivity index (χ0n) is 38.2. The van der Waals surface area contributed by atoms with Crippen molar-refractivity contribution in [2.45, 2.75) is 23.6 Å². The number of hydrogen-bond acceptors (Lipinski definition) is 10. The lowest BCUT2D eigenvalue weighted by Crippen LogP contribution is -2.29. The molecule has 18 heteroatoms. The Hall–Kier alpha value is -8.42. The summed E-state index contributed by atoms with van der Waals surface area (Å²) in [5.74, 6) is -0.865. The second kappa shape index (κ2) is 21.7. The van der Waals surface area contributed by atoms with E-state index in [1.54, 1.807) is 54.9 Å². The van der Waals surface area contributed by atoms with E-state index in [0.717, 1.165) is 56.1 Å². The molecule has 0 radical (unpaired) electrons. The third kappa shape index (κ3) is 12.6. The van der Waals surface area contributed by atoms with Crippen molar-refractivity contribution in [2.24, 2.45) is 24.3 Å². The van der Waals surface area contributed by atoms with E-state index in [1.165, 1.54) is 30.3 Å². The van der Waals surface area contributed by atoms with Gasteiger partial charge in [-0.25, -0.2) is 45.6 Å². The van der Waals surface area contributed by atoms with Gasteiger partial charge in [0.2, 0.25) is 0 Å². The van der Waals surface area contributed by atoms with Gasteiger partial charge in [0.1, 0.15) is 32.6 Å². The highest BCUT2D eigenvalue weighted by atomic mass is 32.2. The topological polar surface area (TPSA) is 214 Å². The summed E-state index contributed by atoms with van der Waals surface area (Å²) in [6.45, 7) is 3.64. The van der Waals surface area contributed by atoms with Crippen molar-refractivity contribution in [3.63, 3.8) is 0 Å². The molecule has 0 aliphatic carbocycles. The Morgan fingerprint density at radius 2 is 0.886 bits per heavy atom. The van der Waals surface area contributed by atoms with Crippen molar-refractivity contribution in [2.75, 3.05) is 0 Å². The van der Waals surface area contributed by atoms with Crippen molar-refractivity contribution in [3.8, 4) is 22.5 Å². The number of nitrogens with one attached hydrogen (secondary N) is 2. The molecule has 0 fully saturated rings. The molecular weight excluding hydrogens is 929 g/mol. The van der Waals surface area contributed by atoms with E-state index >= 15 is 0 Å². The van der Waals surface area contributed by atoms with Crippen molar-refractivity contribution >= 4 is 55.8 Å². The average Bonchev–Trinajstić information content (AvgIpc) is 3.87. The number of fused-ring (bicyclic) bond motifs is 2. The number of carbonyl (C=O) groups excluding carboxylic acids is 2. The monoisotopic (exact) mass is 974 g/mol. The quantitative estimate of drug-likeness (QED) is 0.0666. The van der Waals surface area contributed by atoms with Crippen LogP contribution in [0.25, 0.3) is 33.8 Å². The van der Waals surface area contributed by atoms with E-state index in [9.17, 15) is 35.5 Å². The van der Waals surface area contributed by atoms with E-state index in [2.05, 4.69) is 63.5 Å². The summed E-state index contributed by atoms with van der Waals surface area (Å²) in [5, 5.41) is 8.22. The second-order valence-electron chi connectivity index (χ2n) is 15.8. The molecule has 2 N–H and O–H groups in total. The van der Waals surface area contributed by atoms with Gasteiger partial charge in [-0.2, -0.15) is 10.2 Å². The number of rotatable bonds is 10. The zero-order valence-corrected chi connectivity index (χ0v) is 39.9. The molecule has 0 aliphatic heterocycles. The summed E-state index contributed by atoms with van der Waals surface area (Å²) in [6, 6.07) is 46.0. The first-order valence-corrected chi connectivity index (χ1v) is 24.2. The van der Waals surface area contributed by atoms with E-state index in [0.29, 0.717) is 11.1 Å². The summed E-state index contributed by atoms with van der Waals surface area (Å²) in [7, 11) is -4.47. The van der Waals surface area contributed by atoms with Gasteiger partial charge in [0.15, 0.2) is 11.4 Å². The SMILES string of the molecule is C[n+]1c(-c2ccc(/C=N/NC(=O)c3cccc(C(=O)N/N=C/c4ccc(-c5cn6ccccc6[n+]5C)cc4)c3)cc2)cn2ccccc21.Cc1ccc(S(=O)(=O)[O-])cc1.Cc1ccc(S(=O)(=O)[O-])cc1. The third-order valence-corrected chi connectivity index (χ3v) is 12.5. The molecule has 0 saturated heterocycles. The van der Waals surface area contributed by atoms with Crippen LogP contribution in [0.5, 0.6) is 0 Å². The molecule has 0 aliphatic rings. The molecule has 0 unspecified atom stereocenters. The zero-order chi connectivity index (χ0) is 50.0. The standard InChI is InChI=1S/C38H30N8O2.2C7H8O3S/c1-43-33(25-45-20-5-3-10-35(43)45)29-16-12-27(13-17-29)23-39-41-37(47)31-8-7-9-32(22-31)38(48)42-40-24-28-14-18-30(19-15-28)34-26-46-21-6-4-11-36(46)44(34)2;2*1-6-2-4-7(5-3-6)11(8,9)10/h3-26H,1-2H3;2*2-5H,1H3,(H,8,9,10)/b39-23+,40-24+;;. The first kappa shape index (κ1) is 49.5. The molecular formula is C52H46N8O8S2. The Bertz CT molecular complexity index is 3370. The number of hydrogen-bond donors (Lipinski definition) is 2. The molecule has 0 atom stereocenters. The Labute approximate surface area is 404 Å². The molecule has 354 valence electrons. The van der Waals surface area contributed by atoms with E-state index < -0.39 is 32.1 Å². The van der Waals surface area contributed by atoms with Crippen LogP contribution in [0.15, 0.2) is 203 Å². The number of carbonyl (C=O) groups is 2. The van der Waals surface area contributed by atoms with Gasteiger partial charge in [-0.15, -0.1) is 0 Å². The Morgan fingerprint density at radius 3 is 1.23 bits per heavy atom. The van der Waals surface area contributed by atoms with Crippen molar-refractivity contribution < 1.29 is 44.7 Å². The molecule has 9 rings (SSSR count). The number of benzene rings is 5. The number of nitrogens with zero attached hydrogens (tertiary/aromatic N) is 6. The number of amides is 2. The molecule has 0 bridgehead atoms. The lowest BCUT2D eigenvalue weighted by molar-refractivity contribution is -0.633. The van der Waals surface area contributed by atoms with Crippen LogP contribution in [0.1, 0.15) is 43.0 Å². The maximum absolute atomic E-state index is 12.8. The van der Waals surface area contributed by atoms with Crippen LogP contribution in [-0.2, 0) is 34.3 Å². The predicted octanol–water partition coefficient (Wildman–Crippen LogP) is 6.50. The van der Waals surface area contributed by atoms with Gasteiger partial charge in [0.25, 0.3) is 23.1 Å². The minimum Gasteiger partial charge on any atom is -0.744 e. The number of imidazole rings is 2. The highest BCUT2D eigenvalue weighted by molar-refractivity contribution is 7.86. The van der Waals surface area contributed by atoms with Gasteiger partial charge < -0.3 is 9.11 Å².